The first-order chi connectivity index (χ1) is 4.72. The van der Waals surface area contributed by atoms with Crippen molar-refractivity contribution >= 4 is 87.5 Å². The van der Waals surface area contributed by atoms with Crippen LogP contribution in [0.1, 0.15) is 19.3 Å². The average molecular weight is 293 g/mol. The largest absolute Gasteiger partial charge is 0.469 e. The SMILES string of the molecule is COC(=O)CC1(CS)CC1.[Cs]. The summed E-state index contributed by atoms with van der Waals surface area (Å²) in [5.74, 6) is 0.703. The van der Waals surface area contributed by atoms with Crippen LogP contribution in [0, 0.1) is 5.41 Å². The van der Waals surface area contributed by atoms with Crippen molar-refractivity contribution in [2.24, 2.45) is 5.41 Å². The van der Waals surface area contributed by atoms with E-state index in [9.17, 15) is 4.79 Å². The molecule has 0 aliphatic heterocycles. The van der Waals surface area contributed by atoms with Crippen molar-refractivity contribution < 1.29 is 9.53 Å². The summed E-state index contributed by atoms with van der Waals surface area (Å²) in [6, 6.07) is 0. The molecule has 11 heavy (non-hydrogen) atoms. The van der Waals surface area contributed by atoms with E-state index in [1.165, 1.54) is 7.11 Å². The number of ether oxygens (including phenoxy) is 1. The Morgan fingerprint density at radius 1 is 1.64 bits per heavy atom. The summed E-state index contributed by atoms with van der Waals surface area (Å²) in [5, 5.41) is 0. The quantitative estimate of drug-likeness (QED) is 0.617. The fraction of sp³-hybridized carbons (Fsp3) is 0.857. The van der Waals surface area contributed by atoms with Crippen LogP contribution in [0.2, 0.25) is 0 Å². The molecular formula is C7H12CsO2S. The molecule has 0 N–H and O–H groups in total. The fourth-order valence-corrected chi connectivity index (χ4v) is 1.37. The standard InChI is InChI=1S/C7H12O2S.Cs/c1-9-6(8)4-7(5-10)2-3-7;/h10H,2-5H2,1H3;. The van der Waals surface area contributed by atoms with Crippen LogP contribution in [-0.4, -0.2) is 87.7 Å². The predicted octanol–water partition coefficient (Wildman–Crippen LogP) is 0.879. The number of rotatable bonds is 3. The van der Waals surface area contributed by atoms with Gasteiger partial charge in [0.15, 0.2) is 0 Å². The van der Waals surface area contributed by atoms with E-state index < -0.39 is 0 Å². The molecule has 0 aromatic carbocycles. The maximum atomic E-state index is 10.8. The summed E-state index contributed by atoms with van der Waals surface area (Å²) < 4.78 is 4.56. The van der Waals surface area contributed by atoms with Crippen LogP contribution in [0.15, 0.2) is 0 Å². The molecule has 1 rings (SSSR count). The second kappa shape index (κ2) is 5.57. The maximum absolute atomic E-state index is 10.8. The Bertz CT molecular complexity index is 145. The van der Waals surface area contributed by atoms with E-state index in [1.54, 1.807) is 0 Å². The van der Waals surface area contributed by atoms with E-state index in [1.807, 2.05) is 0 Å². The van der Waals surface area contributed by atoms with Crippen LogP contribution in [0.5, 0.6) is 0 Å². The van der Waals surface area contributed by atoms with Crippen molar-refractivity contribution in [3.63, 3.8) is 0 Å². The van der Waals surface area contributed by atoms with Gasteiger partial charge in [-0.2, -0.15) is 12.6 Å². The molecule has 4 heteroatoms. The molecule has 0 bridgehead atoms. The van der Waals surface area contributed by atoms with Crippen molar-refractivity contribution in [1.82, 2.24) is 0 Å². The van der Waals surface area contributed by atoms with Gasteiger partial charge in [0.05, 0.1) is 13.5 Å². The van der Waals surface area contributed by atoms with E-state index >= 15 is 0 Å². The van der Waals surface area contributed by atoms with E-state index in [0.29, 0.717) is 6.42 Å². The van der Waals surface area contributed by atoms with Crippen LogP contribution >= 0.6 is 12.6 Å². The Morgan fingerprint density at radius 3 is 2.45 bits per heavy atom. The van der Waals surface area contributed by atoms with Crippen LogP contribution in [-0.2, 0) is 9.53 Å². The van der Waals surface area contributed by atoms with E-state index in [-0.39, 0.29) is 80.3 Å². The molecule has 59 valence electrons. The van der Waals surface area contributed by atoms with Crippen molar-refractivity contribution in [1.29, 1.82) is 0 Å². The molecule has 0 amide bonds. The summed E-state index contributed by atoms with van der Waals surface area (Å²) in [5.41, 5.74) is 0.205. The van der Waals surface area contributed by atoms with Gasteiger partial charge >= 0.3 is 5.97 Å². The zero-order valence-corrected chi connectivity index (χ0v) is 14.3. The van der Waals surface area contributed by atoms with Gasteiger partial charge in [-0.25, -0.2) is 0 Å². The Kier molecular flexibility index (Phi) is 6.52. The molecule has 0 spiro atoms. The van der Waals surface area contributed by atoms with E-state index in [4.69, 9.17) is 0 Å². The molecule has 0 heterocycles. The monoisotopic (exact) mass is 293 g/mol. The molecule has 0 atom stereocenters. The molecule has 1 saturated carbocycles. The van der Waals surface area contributed by atoms with Crippen molar-refractivity contribution in [3.8, 4) is 0 Å². The van der Waals surface area contributed by atoms with Crippen LogP contribution < -0.4 is 0 Å². The second-order valence-corrected chi connectivity index (χ2v) is 3.23. The van der Waals surface area contributed by atoms with E-state index in [0.717, 1.165) is 18.6 Å². The Morgan fingerprint density at radius 2 is 2.18 bits per heavy atom. The van der Waals surface area contributed by atoms with Crippen LogP contribution in [0.3, 0.4) is 0 Å². The molecule has 1 fully saturated rings. The summed E-state index contributed by atoms with van der Waals surface area (Å²) in [7, 11) is 1.43. The molecule has 1 radical (unpaired) electrons. The average Bonchev–Trinajstić information content (AvgIpc) is 2.70. The Hall–Kier alpha value is 1.87. The molecule has 2 nitrogen and oxygen atoms in total. The van der Waals surface area contributed by atoms with Gasteiger partial charge in [0.25, 0.3) is 0 Å². The molecule has 0 unspecified atom stereocenters. The van der Waals surface area contributed by atoms with E-state index in [2.05, 4.69) is 17.4 Å². The molecule has 0 aromatic rings. The molecule has 1 aliphatic rings. The van der Waals surface area contributed by atoms with Gasteiger partial charge in [-0.05, 0) is 24.0 Å². The minimum atomic E-state index is -0.105. The van der Waals surface area contributed by atoms with Crippen LogP contribution in [0.25, 0.3) is 0 Å². The third-order valence-electron chi connectivity index (χ3n) is 2.04. The summed E-state index contributed by atoms with van der Waals surface area (Å²) in [6.07, 6.45) is 2.81. The zero-order chi connectivity index (χ0) is 7.61. The zero-order valence-electron chi connectivity index (χ0n) is 7.09. The molecule has 1 aliphatic carbocycles. The van der Waals surface area contributed by atoms with Gasteiger partial charge in [0.1, 0.15) is 0 Å². The predicted molar refractivity (Wildman–Crippen MR) is 47.9 cm³/mol. The number of methoxy groups -OCH3 is 1. The summed E-state index contributed by atoms with van der Waals surface area (Å²) in [4.78, 5) is 10.8. The summed E-state index contributed by atoms with van der Waals surface area (Å²) in [6.45, 7) is 0. The van der Waals surface area contributed by atoms with Gasteiger partial charge in [-0.3, -0.25) is 4.79 Å². The Labute approximate surface area is 132 Å². The molecular weight excluding hydrogens is 281 g/mol. The molecule has 0 aromatic heterocycles. The number of hydrogen-bond acceptors (Lipinski definition) is 3. The van der Waals surface area contributed by atoms with Crippen molar-refractivity contribution in [2.45, 2.75) is 19.3 Å². The number of carbonyl (C=O) groups is 1. The van der Waals surface area contributed by atoms with Gasteiger partial charge in [0.2, 0.25) is 0 Å². The smallest absolute Gasteiger partial charge is 0.306 e. The number of hydrogen-bond donors (Lipinski definition) is 1. The first kappa shape index (κ1) is 12.9. The van der Waals surface area contributed by atoms with Crippen molar-refractivity contribution in [3.05, 3.63) is 0 Å². The number of esters is 1. The fourth-order valence-electron chi connectivity index (χ4n) is 0.946. The third-order valence-corrected chi connectivity index (χ3v) is 2.71. The normalized spacial score (nSPS) is 18.4. The maximum Gasteiger partial charge on any atom is 0.306 e. The first-order valence-electron chi connectivity index (χ1n) is 3.40. The topological polar surface area (TPSA) is 26.3 Å². The van der Waals surface area contributed by atoms with Crippen molar-refractivity contribution in [2.75, 3.05) is 12.9 Å². The number of carbonyl (C=O) groups excluding carboxylic acids is 1. The van der Waals surface area contributed by atoms with Crippen LogP contribution in [0.4, 0.5) is 0 Å². The first-order valence-corrected chi connectivity index (χ1v) is 4.03. The summed E-state index contributed by atoms with van der Waals surface area (Å²) >= 11 is 4.17. The third kappa shape index (κ3) is 4.06. The second-order valence-electron chi connectivity index (χ2n) is 2.91. The van der Waals surface area contributed by atoms with Gasteiger partial charge in [-0.1, -0.05) is 0 Å². The minimum absolute atomic E-state index is 0. The minimum Gasteiger partial charge on any atom is -0.469 e. The van der Waals surface area contributed by atoms with Gasteiger partial charge in [0, 0.05) is 68.9 Å². The Balaban J connectivity index is 0.000001000. The number of thiol groups is 1. The molecule has 0 saturated heterocycles. The van der Waals surface area contributed by atoms with Gasteiger partial charge in [-0.15, -0.1) is 0 Å². The van der Waals surface area contributed by atoms with Gasteiger partial charge < -0.3 is 4.74 Å².